The van der Waals surface area contributed by atoms with Crippen LogP contribution >= 0.6 is 0 Å². The van der Waals surface area contributed by atoms with Crippen LogP contribution in [0.2, 0.25) is 0 Å². The molecule has 0 aromatic heterocycles. The lowest BCUT2D eigenvalue weighted by molar-refractivity contribution is -0.112. The van der Waals surface area contributed by atoms with Crippen LogP contribution in [0.25, 0.3) is 16.5 Å². The molecule has 2 aromatic carbocycles. The second kappa shape index (κ2) is 5.20. The van der Waals surface area contributed by atoms with Crippen molar-refractivity contribution in [2.24, 2.45) is 0 Å². The molecule has 0 radical (unpaired) electrons. The van der Waals surface area contributed by atoms with Crippen molar-refractivity contribution in [1.82, 2.24) is 0 Å². The molecule has 23 heavy (non-hydrogen) atoms. The van der Waals surface area contributed by atoms with E-state index >= 15 is 0 Å². The molecule has 3 heteroatoms. The topological polar surface area (TPSA) is 54.4 Å². The molecule has 0 heterocycles. The third kappa shape index (κ3) is 2.04. The van der Waals surface area contributed by atoms with Gasteiger partial charge in [-0.3, -0.25) is 9.59 Å². The fraction of sp³-hybridized carbons (Fsp3) is 0.200. The Labute approximate surface area is 134 Å². The number of Topliss-reactive ketones (excluding diaryl/α,β-unsaturated/α-hetero) is 2. The molecule has 0 saturated carbocycles. The Balaban J connectivity index is 2.48. The highest BCUT2D eigenvalue weighted by atomic mass is 16.3. The molecule has 0 aliphatic heterocycles. The Morgan fingerprint density at radius 3 is 2.43 bits per heavy atom. The van der Waals surface area contributed by atoms with E-state index in [0.29, 0.717) is 11.1 Å². The number of benzene rings is 2. The first-order chi connectivity index (χ1) is 10.9. The number of ketones is 2. The van der Waals surface area contributed by atoms with Crippen LogP contribution in [0.4, 0.5) is 0 Å². The molecule has 0 saturated heterocycles. The number of aliphatic hydroxyl groups is 1. The molecule has 116 valence electrons. The Morgan fingerprint density at radius 1 is 1.09 bits per heavy atom. The van der Waals surface area contributed by atoms with Crippen LogP contribution in [0.5, 0.6) is 0 Å². The molecule has 0 bridgehead atoms. The Hall–Kier alpha value is -2.68. The maximum absolute atomic E-state index is 12.7. The fourth-order valence-corrected chi connectivity index (χ4v) is 3.33. The average molecular weight is 306 g/mol. The van der Waals surface area contributed by atoms with Crippen molar-refractivity contribution in [1.29, 1.82) is 0 Å². The van der Waals surface area contributed by atoms with E-state index in [1.165, 1.54) is 6.08 Å². The molecule has 1 N–H and O–H groups in total. The fourth-order valence-electron chi connectivity index (χ4n) is 3.33. The zero-order chi connectivity index (χ0) is 16.9. The van der Waals surface area contributed by atoms with E-state index in [9.17, 15) is 14.7 Å². The number of hydrogen-bond acceptors (Lipinski definition) is 3. The first kappa shape index (κ1) is 15.2. The summed E-state index contributed by atoms with van der Waals surface area (Å²) >= 11 is 0. The highest BCUT2D eigenvalue weighted by Gasteiger charge is 2.34. The molecule has 0 unspecified atom stereocenters. The molecule has 2 aromatic rings. The average Bonchev–Trinajstić information content (AvgIpc) is 2.53. The van der Waals surface area contributed by atoms with Crippen LogP contribution in [0.15, 0.2) is 36.4 Å². The molecule has 1 aliphatic carbocycles. The maximum Gasteiger partial charge on any atom is 0.234 e. The van der Waals surface area contributed by atoms with Crippen molar-refractivity contribution in [2.75, 3.05) is 0 Å². The Bertz CT molecular complexity index is 930. The lowest BCUT2D eigenvalue weighted by atomic mass is 9.82. The van der Waals surface area contributed by atoms with Crippen LogP contribution < -0.4 is 0 Å². The summed E-state index contributed by atoms with van der Waals surface area (Å²) in [7, 11) is 0. The molecule has 0 spiro atoms. The van der Waals surface area contributed by atoms with Gasteiger partial charge in [0.15, 0.2) is 0 Å². The Morgan fingerprint density at radius 2 is 1.78 bits per heavy atom. The van der Waals surface area contributed by atoms with Gasteiger partial charge in [0, 0.05) is 16.7 Å². The molecule has 3 nitrogen and oxygen atoms in total. The summed E-state index contributed by atoms with van der Waals surface area (Å²) in [5.74, 6) is -1.30. The van der Waals surface area contributed by atoms with E-state index in [-0.39, 0.29) is 17.8 Å². The van der Waals surface area contributed by atoms with Crippen LogP contribution in [-0.2, 0) is 4.79 Å². The molecule has 0 atom stereocenters. The molecule has 0 amide bonds. The summed E-state index contributed by atoms with van der Waals surface area (Å²) in [5.41, 5.74) is 4.02. The number of carbonyl (C=O) groups excluding carboxylic acids is 2. The van der Waals surface area contributed by atoms with Crippen LogP contribution in [0.1, 0.15) is 39.0 Å². The molecular weight excluding hydrogens is 288 g/mol. The lowest BCUT2D eigenvalue weighted by Crippen LogP contribution is -2.24. The number of carbonyl (C=O) groups is 2. The van der Waals surface area contributed by atoms with Gasteiger partial charge >= 0.3 is 0 Å². The highest BCUT2D eigenvalue weighted by molar-refractivity contribution is 6.54. The van der Waals surface area contributed by atoms with Gasteiger partial charge in [-0.05, 0) is 60.7 Å². The number of allylic oxidation sites excluding steroid dienone is 2. The lowest BCUT2D eigenvalue weighted by Gasteiger charge is -2.21. The normalized spacial score (nSPS) is 14.4. The van der Waals surface area contributed by atoms with Crippen molar-refractivity contribution in [3.8, 4) is 0 Å². The van der Waals surface area contributed by atoms with Gasteiger partial charge in [0.05, 0.1) is 0 Å². The Kier molecular flexibility index (Phi) is 3.44. The summed E-state index contributed by atoms with van der Waals surface area (Å²) in [6.45, 7) is 9.52. The van der Waals surface area contributed by atoms with Gasteiger partial charge in [-0.2, -0.15) is 0 Å². The van der Waals surface area contributed by atoms with Gasteiger partial charge in [-0.1, -0.05) is 18.2 Å². The van der Waals surface area contributed by atoms with E-state index in [1.54, 1.807) is 6.07 Å². The van der Waals surface area contributed by atoms with Crippen LogP contribution in [-0.4, -0.2) is 16.7 Å². The van der Waals surface area contributed by atoms with Gasteiger partial charge in [0.2, 0.25) is 11.6 Å². The monoisotopic (exact) mass is 306 g/mol. The van der Waals surface area contributed by atoms with Crippen LogP contribution in [0.3, 0.4) is 0 Å². The molecular formula is C20H18O3. The van der Waals surface area contributed by atoms with Gasteiger partial charge < -0.3 is 5.11 Å². The number of fused-ring (bicyclic) bond motifs is 3. The largest absolute Gasteiger partial charge is 0.507 e. The molecule has 0 fully saturated rings. The minimum Gasteiger partial charge on any atom is -0.507 e. The first-order valence-electron chi connectivity index (χ1n) is 7.54. The molecule has 3 rings (SSSR count). The third-order valence-electron chi connectivity index (χ3n) is 4.63. The van der Waals surface area contributed by atoms with E-state index in [1.807, 2.05) is 32.9 Å². The quantitative estimate of drug-likeness (QED) is 0.662. The maximum atomic E-state index is 12.7. The van der Waals surface area contributed by atoms with Gasteiger partial charge in [-0.15, -0.1) is 6.58 Å². The van der Waals surface area contributed by atoms with Gasteiger partial charge in [-0.25, -0.2) is 0 Å². The summed E-state index contributed by atoms with van der Waals surface area (Å²) in [6, 6.07) is 5.65. The van der Waals surface area contributed by atoms with E-state index in [2.05, 4.69) is 6.58 Å². The minimum atomic E-state index is -0.639. The second-order valence-electron chi connectivity index (χ2n) is 6.02. The zero-order valence-corrected chi connectivity index (χ0v) is 13.5. The second-order valence-corrected chi connectivity index (χ2v) is 6.02. The molecule has 1 aliphatic rings. The number of aliphatic hydroxyl groups excluding tert-OH is 1. The van der Waals surface area contributed by atoms with E-state index in [0.717, 1.165) is 27.5 Å². The SMILES string of the molecule is C=CCC1=C(O)c2ccc3c(C)c(C)cc(C)c3c2C(=O)C1=O. The van der Waals surface area contributed by atoms with Gasteiger partial charge in [0.1, 0.15) is 5.76 Å². The highest BCUT2D eigenvalue weighted by Crippen LogP contribution is 2.37. The van der Waals surface area contributed by atoms with Crippen molar-refractivity contribution >= 4 is 28.1 Å². The number of hydrogen-bond donors (Lipinski definition) is 1. The van der Waals surface area contributed by atoms with Gasteiger partial charge in [0.25, 0.3) is 0 Å². The minimum absolute atomic E-state index is 0.107. The zero-order valence-electron chi connectivity index (χ0n) is 13.5. The van der Waals surface area contributed by atoms with Crippen molar-refractivity contribution < 1.29 is 14.7 Å². The third-order valence-corrected chi connectivity index (χ3v) is 4.63. The predicted molar refractivity (Wildman–Crippen MR) is 91.9 cm³/mol. The standard InChI is InChI=1S/C20H18O3/c1-5-6-15-18(21)14-8-7-13-12(4)10(2)9-11(3)16(13)17(14)20(23)19(15)22/h5,7-9,21H,1,6H2,2-4H3. The van der Waals surface area contributed by atoms with Crippen LogP contribution in [0, 0.1) is 20.8 Å². The van der Waals surface area contributed by atoms with Crippen molar-refractivity contribution in [3.63, 3.8) is 0 Å². The summed E-state index contributed by atoms with van der Waals surface area (Å²) in [4.78, 5) is 25.1. The van der Waals surface area contributed by atoms with Crippen molar-refractivity contribution in [3.05, 3.63) is 64.2 Å². The van der Waals surface area contributed by atoms with E-state index in [4.69, 9.17) is 0 Å². The number of rotatable bonds is 2. The summed E-state index contributed by atoms with van der Waals surface area (Å²) in [5, 5.41) is 12.2. The first-order valence-corrected chi connectivity index (χ1v) is 7.54. The van der Waals surface area contributed by atoms with Crippen molar-refractivity contribution in [2.45, 2.75) is 27.2 Å². The smallest absolute Gasteiger partial charge is 0.234 e. The number of aryl methyl sites for hydroxylation is 3. The summed E-state index contributed by atoms with van der Waals surface area (Å²) < 4.78 is 0. The summed E-state index contributed by atoms with van der Waals surface area (Å²) in [6.07, 6.45) is 1.70. The predicted octanol–water partition coefficient (Wildman–Crippen LogP) is 4.38. The van der Waals surface area contributed by atoms with E-state index < -0.39 is 11.6 Å².